The van der Waals surface area contributed by atoms with Gasteiger partial charge in [0.2, 0.25) is 0 Å². The van der Waals surface area contributed by atoms with Gasteiger partial charge in [-0.1, -0.05) is 36.4 Å². The number of ketones is 2. The quantitative estimate of drug-likeness (QED) is 0.216. The van der Waals surface area contributed by atoms with Gasteiger partial charge in [0, 0.05) is 25.8 Å². The number of carbonyl (C=O) groups excluding carboxylic acids is 2. The van der Waals surface area contributed by atoms with Crippen molar-refractivity contribution in [2.45, 2.75) is 13.8 Å². The van der Waals surface area contributed by atoms with Gasteiger partial charge in [0.05, 0.1) is 34.8 Å². The topological polar surface area (TPSA) is 83.3 Å². The van der Waals surface area contributed by atoms with Gasteiger partial charge in [-0.25, -0.2) is 0 Å². The van der Waals surface area contributed by atoms with Gasteiger partial charge < -0.3 is 10.2 Å². The van der Waals surface area contributed by atoms with E-state index in [4.69, 9.17) is 10.2 Å². The minimum Gasteiger partial charge on any atom is -0.512 e. The van der Waals surface area contributed by atoms with E-state index in [0.29, 0.717) is 11.1 Å². The first-order chi connectivity index (χ1) is 11.4. The minimum absolute atomic E-state index is 0. The molecule has 5 heteroatoms. The Bertz CT molecular complexity index is 661. The Kier molecular flexibility index (Phi) is 11.0. The summed E-state index contributed by atoms with van der Waals surface area (Å²) in [5, 5.41) is 17.7. The predicted octanol–water partition coefficient (Wildman–Crippen LogP) is 4.08. The first kappa shape index (κ1) is 22.7. The molecule has 4 nitrogen and oxygen atoms in total. The molecule has 0 heterocycles. The second kappa shape index (κ2) is 12.1. The number of aliphatic hydroxyl groups is 2. The molecule has 0 bridgehead atoms. The molecule has 25 heavy (non-hydrogen) atoms. The van der Waals surface area contributed by atoms with Crippen molar-refractivity contribution in [2.24, 2.45) is 0 Å². The molecule has 4 N–H and O–H groups in total. The Morgan fingerprint density at radius 2 is 0.960 bits per heavy atom. The molecule has 0 atom stereocenters. The van der Waals surface area contributed by atoms with Gasteiger partial charge in [-0.05, 0) is 38.1 Å². The van der Waals surface area contributed by atoms with Crippen molar-refractivity contribution in [3.63, 3.8) is 0 Å². The molecule has 2 aromatic carbocycles. The standard InChI is InChI=1S/2C10H10O2.Hf/c2*1-8(11)7-10(12)9-5-3-2-4-6-9;/h2*2-7,11H,1H3;/p+2/b2*8-7-;. The summed E-state index contributed by atoms with van der Waals surface area (Å²) in [7, 11) is 0. The maximum atomic E-state index is 9.37. The predicted molar refractivity (Wildman–Crippen MR) is 97.7 cm³/mol. The van der Waals surface area contributed by atoms with E-state index in [1.165, 1.54) is 26.0 Å². The average Bonchev–Trinajstić information content (AvgIpc) is 2.56. The number of aliphatic hydroxyl groups excluding tert-OH is 2. The van der Waals surface area contributed by atoms with Gasteiger partial charge in [0.1, 0.15) is 0 Å². The summed E-state index contributed by atoms with van der Waals surface area (Å²) in [6, 6.07) is 18.1. The number of hydrogen-bond acceptors (Lipinski definition) is 2. The van der Waals surface area contributed by atoms with Gasteiger partial charge >= 0.3 is 11.6 Å². The van der Waals surface area contributed by atoms with Gasteiger partial charge in [0.25, 0.3) is 0 Å². The fourth-order valence-corrected chi connectivity index (χ4v) is 1.78. The summed E-state index contributed by atoms with van der Waals surface area (Å²) in [5.74, 6) is 0.346. The van der Waals surface area contributed by atoms with E-state index >= 15 is 0 Å². The van der Waals surface area contributed by atoms with Gasteiger partial charge in [-0.2, -0.15) is 0 Å². The Labute approximate surface area is 166 Å². The van der Waals surface area contributed by atoms with Crippen molar-refractivity contribution in [3.8, 4) is 0 Å². The summed E-state index contributed by atoms with van der Waals surface area (Å²) in [5.41, 5.74) is 1.40. The van der Waals surface area contributed by atoms with E-state index < -0.39 is 0 Å². The molecule has 0 aliphatic rings. The summed E-state index contributed by atoms with van der Waals surface area (Å²) >= 11 is 0. The zero-order valence-corrected chi connectivity index (χ0v) is 17.8. The van der Waals surface area contributed by atoms with Crippen LogP contribution in [-0.2, 0) is 25.8 Å². The monoisotopic (exact) mass is 506 g/mol. The summed E-state index contributed by atoms with van der Waals surface area (Å²) in [6.07, 6.45) is 2.63. The van der Waals surface area contributed by atoms with Crippen LogP contribution >= 0.6 is 0 Å². The third kappa shape index (κ3) is 9.57. The number of hydrogen-bond donors (Lipinski definition) is 2. The molecule has 2 aromatic rings. The number of allylic oxidation sites excluding steroid dienone is 4. The van der Waals surface area contributed by atoms with E-state index in [9.17, 15) is 9.59 Å². The van der Waals surface area contributed by atoms with E-state index in [-0.39, 0.29) is 48.9 Å². The molecule has 0 radical (unpaired) electrons. The average molecular weight is 505 g/mol. The minimum atomic E-state index is 0. The molecular formula is C20H22HfO4+2. The number of rotatable bonds is 4. The Hall–Kier alpha value is -2.27. The molecule has 0 aliphatic heterocycles. The molecule has 0 saturated heterocycles. The molecule has 0 unspecified atom stereocenters. The number of benzene rings is 2. The van der Waals surface area contributed by atoms with Crippen molar-refractivity contribution in [1.82, 2.24) is 0 Å². The van der Waals surface area contributed by atoms with Crippen LogP contribution < -0.4 is 0 Å². The second-order valence-electron chi connectivity index (χ2n) is 5.07. The third-order valence-electron chi connectivity index (χ3n) is 2.83. The molecular weight excluding hydrogens is 483 g/mol. The van der Waals surface area contributed by atoms with Crippen LogP contribution in [-0.4, -0.2) is 31.4 Å². The van der Waals surface area contributed by atoms with Crippen molar-refractivity contribution in [2.75, 3.05) is 0 Å². The van der Waals surface area contributed by atoms with Crippen molar-refractivity contribution >= 4 is 11.6 Å². The first-order valence-corrected chi connectivity index (χ1v) is 7.37. The molecule has 2 rings (SSSR count). The fraction of sp³-hybridized carbons (Fsp3) is 0.100. The van der Waals surface area contributed by atoms with Gasteiger partial charge in [-0.3, -0.25) is 9.59 Å². The molecule has 0 amide bonds. The second-order valence-corrected chi connectivity index (χ2v) is 5.07. The van der Waals surface area contributed by atoms with E-state index in [1.807, 2.05) is 36.4 Å². The molecule has 0 aromatic heterocycles. The van der Waals surface area contributed by atoms with E-state index in [0.717, 1.165) is 0 Å². The molecule has 0 fully saturated rings. The van der Waals surface area contributed by atoms with Gasteiger partial charge in [0.15, 0.2) is 0 Å². The summed E-state index contributed by atoms with van der Waals surface area (Å²) < 4.78 is 0. The van der Waals surface area contributed by atoms with Crippen LogP contribution in [0.5, 0.6) is 0 Å². The van der Waals surface area contributed by atoms with Crippen molar-refractivity contribution < 1.29 is 45.6 Å². The summed E-state index contributed by atoms with van der Waals surface area (Å²) in [4.78, 5) is 18.7. The van der Waals surface area contributed by atoms with Crippen LogP contribution in [0.15, 0.2) is 84.3 Å². The maximum Gasteiger partial charge on any atom is 0.350 e. The summed E-state index contributed by atoms with van der Waals surface area (Å²) in [6.45, 7) is 3.03. The molecule has 0 spiro atoms. The zero-order chi connectivity index (χ0) is 17.9. The Morgan fingerprint density at radius 1 is 0.680 bits per heavy atom. The zero-order valence-electron chi connectivity index (χ0n) is 14.2. The van der Waals surface area contributed by atoms with Crippen LogP contribution in [0, 0.1) is 0 Å². The fourth-order valence-electron chi connectivity index (χ4n) is 1.78. The van der Waals surface area contributed by atoms with Crippen LogP contribution in [0.2, 0.25) is 0 Å². The normalized spacial score (nSPS) is 10.8. The first-order valence-electron chi connectivity index (χ1n) is 7.37. The van der Waals surface area contributed by atoms with E-state index in [1.54, 1.807) is 24.3 Å². The van der Waals surface area contributed by atoms with Crippen LogP contribution in [0.25, 0.3) is 0 Å². The van der Waals surface area contributed by atoms with Crippen LogP contribution in [0.3, 0.4) is 0 Å². The van der Waals surface area contributed by atoms with Crippen molar-refractivity contribution in [3.05, 3.63) is 95.5 Å². The molecule has 128 valence electrons. The van der Waals surface area contributed by atoms with E-state index in [2.05, 4.69) is 0 Å². The largest absolute Gasteiger partial charge is 0.512 e. The maximum absolute atomic E-state index is 9.37. The smallest absolute Gasteiger partial charge is 0.350 e. The third-order valence-corrected chi connectivity index (χ3v) is 2.83. The molecule has 0 saturated carbocycles. The molecule has 0 aliphatic carbocycles. The van der Waals surface area contributed by atoms with Crippen molar-refractivity contribution in [1.29, 1.82) is 0 Å². The van der Waals surface area contributed by atoms with Gasteiger partial charge in [-0.15, -0.1) is 0 Å². The Morgan fingerprint density at radius 3 is 1.20 bits per heavy atom. The SMILES string of the molecule is C/C(O)=C/C(=[OH+])c1ccccc1.C/C(O)=C/C(=[OH+])c1ccccc1.[Hf]. The van der Waals surface area contributed by atoms with Crippen LogP contribution in [0.1, 0.15) is 25.0 Å². The van der Waals surface area contributed by atoms with Crippen LogP contribution in [0.4, 0.5) is 0 Å². The Balaban J connectivity index is 0.000000443.